The third-order valence-corrected chi connectivity index (χ3v) is 4.52. The van der Waals surface area contributed by atoms with Crippen molar-refractivity contribution in [3.05, 3.63) is 85.2 Å². The predicted molar refractivity (Wildman–Crippen MR) is 100.0 cm³/mol. The van der Waals surface area contributed by atoms with E-state index in [9.17, 15) is 0 Å². The Balaban J connectivity index is 1.89. The summed E-state index contributed by atoms with van der Waals surface area (Å²) in [6, 6.07) is 25.5. The van der Waals surface area contributed by atoms with Crippen LogP contribution in [0.25, 0.3) is 43.7 Å². The van der Waals surface area contributed by atoms with Crippen LogP contribution in [-0.4, -0.2) is 9.97 Å². The molecule has 0 saturated heterocycles. The monoisotopic (exact) mass is 306 g/mol. The maximum absolute atomic E-state index is 4.60. The van der Waals surface area contributed by atoms with Gasteiger partial charge in [0.2, 0.25) is 0 Å². The van der Waals surface area contributed by atoms with E-state index in [-0.39, 0.29) is 0 Å². The van der Waals surface area contributed by atoms with Gasteiger partial charge in [-0.15, -0.1) is 0 Å². The minimum absolute atomic E-state index is 0.956. The molecule has 0 aliphatic heterocycles. The van der Waals surface area contributed by atoms with Gasteiger partial charge in [-0.25, -0.2) is 0 Å². The molecule has 2 aromatic heterocycles. The Labute approximate surface area is 139 Å². The molecular formula is C22H14N2. The van der Waals surface area contributed by atoms with E-state index < -0.39 is 0 Å². The molecule has 0 radical (unpaired) electrons. The van der Waals surface area contributed by atoms with Gasteiger partial charge in [-0.05, 0) is 46.2 Å². The number of fused-ring (bicyclic) bond motifs is 4. The molecular weight excluding hydrogens is 292 g/mol. The van der Waals surface area contributed by atoms with Crippen molar-refractivity contribution in [3.8, 4) is 11.1 Å². The number of rotatable bonds is 1. The number of pyridine rings is 2. The third kappa shape index (κ3) is 1.97. The zero-order chi connectivity index (χ0) is 15.9. The number of hydrogen-bond acceptors (Lipinski definition) is 2. The van der Waals surface area contributed by atoms with Crippen LogP contribution < -0.4 is 0 Å². The molecule has 0 fully saturated rings. The van der Waals surface area contributed by atoms with Crippen molar-refractivity contribution in [2.24, 2.45) is 0 Å². The Bertz CT molecular complexity index is 1210. The van der Waals surface area contributed by atoms with E-state index in [1.807, 2.05) is 24.5 Å². The molecule has 0 spiro atoms. The smallest absolute Gasteiger partial charge is 0.0970 e. The quantitative estimate of drug-likeness (QED) is 0.376. The maximum Gasteiger partial charge on any atom is 0.0970 e. The average molecular weight is 306 g/mol. The van der Waals surface area contributed by atoms with Gasteiger partial charge in [0.15, 0.2) is 0 Å². The maximum atomic E-state index is 4.60. The van der Waals surface area contributed by atoms with Crippen molar-refractivity contribution in [1.82, 2.24) is 9.97 Å². The van der Waals surface area contributed by atoms with Crippen LogP contribution in [0.1, 0.15) is 0 Å². The van der Waals surface area contributed by atoms with Crippen molar-refractivity contribution in [2.45, 2.75) is 0 Å². The van der Waals surface area contributed by atoms with Crippen molar-refractivity contribution in [2.75, 3.05) is 0 Å². The van der Waals surface area contributed by atoms with Crippen LogP contribution in [0.3, 0.4) is 0 Å². The first-order valence-corrected chi connectivity index (χ1v) is 8.02. The first kappa shape index (κ1) is 13.2. The van der Waals surface area contributed by atoms with E-state index in [1.165, 1.54) is 21.9 Å². The molecule has 2 heteroatoms. The van der Waals surface area contributed by atoms with Gasteiger partial charge in [0.05, 0.1) is 11.0 Å². The fraction of sp³-hybridized carbons (Fsp3) is 0. The van der Waals surface area contributed by atoms with Gasteiger partial charge in [-0.3, -0.25) is 9.97 Å². The standard InChI is InChI=1S/C22H14N2/c1-2-6-16-13-17(10-9-15(16)5-1)20-14-18-7-3-11-23-21(18)22-19(20)8-4-12-24-22/h1-14H. The second kappa shape index (κ2) is 5.14. The lowest BCUT2D eigenvalue weighted by Crippen LogP contribution is -1.88. The van der Waals surface area contributed by atoms with E-state index in [0.29, 0.717) is 0 Å². The molecule has 0 atom stereocenters. The average Bonchev–Trinajstić information content (AvgIpc) is 2.67. The van der Waals surface area contributed by atoms with Gasteiger partial charge in [0, 0.05) is 23.2 Å². The van der Waals surface area contributed by atoms with E-state index in [1.54, 1.807) is 0 Å². The molecule has 0 amide bonds. The third-order valence-electron chi connectivity index (χ3n) is 4.52. The summed E-state index contributed by atoms with van der Waals surface area (Å²) >= 11 is 0. The summed E-state index contributed by atoms with van der Waals surface area (Å²) in [5.41, 5.74) is 4.32. The normalized spacial score (nSPS) is 11.3. The summed E-state index contributed by atoms with van der Waals surface area (Å²) in [6.45, 7) is 0. The SMILES string of the molecule is c1ccc2cc(-c3cc4cccnc4c4ncccc34)ccc2c1. The lowest BCUT2D eigenvalue weighted by molar-refractivity contribution is 1.37. The van der Waals surface area contributed by atoms with Crippen LogP contribution in [-0.2, 0) is 0 Å². The Morgan fingerprint density at radius 1 is 0.542 bits per heavy atom. The van der Waals surface area contributed by atoms with Crippen LogP contribution in [0.5, 0.6) is 0 Å². The molecule has 2 nitrogen and oxygen atoms in total. The fourth-order valence-electron chi connectivity index (χ4n) is 3.37. The van der Waals surface area contributed by atoms with Gasteiger partial charge >= 0.3 is 0 Å². The minimum Gasteiger partial charge on any atom is -0.254 e. The second-order valence-electron chi connectivity index (χ2n) is 5.96. The molecule has 0 bridgehead atoms. The number of nitrogens with zero attached hydrogens (tertiary/aromatic N) is 2. The molecule has 2 heterocycles. The number of hydrogen-bond donors (Lipinski definition) is 0. The Morgan fingerprint density at radius 2 is 1.29 bits per heavy atom. The number of benzene rings is 3. The van der Waals surface area contributed by atoms with Crippen molar-refractivity contribution < 1.29 is 0 Å². The summed E-state index contributed by atoms with van der Waals surface area (Å²) < 4.78 is 0. The van der Waals surface area contributed by atoms with Crippen molar-refractivity contribution in [1.29, 1.82) is 0 Å². The molecule has 5 rings (SSSR count). The molecule has 112 valence electrons. The molecule has 5 aromatic rings. The van der Waals surface area contributed by atoms with Crippen LogP contribution in [0, 0.1) is 0 Å². The van der Waals surface area contributed by atoms with Crippen LogP contribution in [0.2, 0.25) is 0 Å². The highest BCUT2D eigenvalue weighted by Crippen LogP contribution is 2.34. The summed E-state index contributed by atoms with van der Waals surface area (Å²) in [4.78, 5) is 9.13. The van der Waals surface area contributed by atoms with Gasteiger partial charge in [0.1, 0.15) is 0 Å². The Hall–Kier alpha value is -3.26. The predicted octanol–water partition coefficient (Wildman–Crippen LogP) is 5.60. The summed E-state index contributed by atoms with van der Waals surface area (Å²) in [7, 11) is 0. The van der Waals surface area contributed by atoms with Crippen molar-refractivity contribution >= 4 is 32.6 Å². The first-order valence-electron chi connectivity index (χ1n) is 8.02. The van der Waals surface area contributed by atoms with E-state index in [2.05, 4.69) is 70.6 Å². The zero-order valence-electron chi connectivity index (χ0n) is 13.0. The molecule has 0 saturated carbocycles. The molecule has 0 unspecified atom stereocenters. The topological polar surface area (TPSA) is 25.8 Å². The zero-order valence-corrected chi connectivity index (χ0v) is 13.0. The minimum atomic E-state index is 0.956. The summed E-state index contributed by atoms with van der Waals surface area (Å²) in [5, 5.41) is 4.76. The Kier molecular flexibility index (Phi) is 2.83. The Morgan fingerprint density at radius 3 is 2.21 bits per heavy atom. The van der Waals surface area contributed by atoms with Gasteiger partial charge in [-0.2, -0.15) is 0 Å². The fourth-order valence-corrected chi connectivity index (χ4v) is 3.37. The summed E-state index contributed by atoms with van der Waals surface area (Å²) in [6.07, 6.45) is 3.66. The van der Waals surface area contributed by atoms with Crippen LogP contribution in [0.15, 0.2) is 85.2 Å². The molecule has 0 N–H and O–H groups in total. The highest BCUT2D eigenvalue weighted by molar-refractivity contribution is 6.10. The molecule has 0 aliphatic rings. The molecule has 24 heavy (non-hydrogen) atoms. The van der Waals surface area contributed by atoms with Crippen molar-refractivity contribution in [3.63, 3.8) is 0 Å². The number of aromatic nitrogens is 2. The van der Waals surface area contributed by atoms with E-state index in [4.69, 9.17) is 0 Å². The van der Waals surface area contributed by atoms with Gasteiger partial charge < -0.3 is 0 Å². The van der Waals surface area contributed by atoms with Crippen LogP contribution in [0.4, 0.5) is 0 Å². The van der Waals surface area contributed by atoms with Crippen LogP contribution >= 0.6 is 0 Å². The highest BCUT2D eigenvalue weighted by Gasteiger charge is 2.10. The van der Waals surface area contributed by atoms with E-state index >= 15 is 0 Å². The summed E-state index contributed by atoms with van der Waals surface area (Å²) in [5.74, 6) is 0. The lowest BCUT2D eigenvalue weighted by Gasteiger charge is -2.10. The van der Waals surface area contributed by atoms with Gasteiger partial charge in [-0.1, -0.05) is 48.5 Å². The highest BCUT2D eigenvalue weighted by atomic mass is 14.7. The first-order chi connectivity index (χ1) is 11.9. The lowest BCUT2D eigenvalue weighted by atomic mass is 9.96. The molecule has 0 aliphatic carbocycles. The molecule has 3 aromatic carbocycles. The van der Waals surface area contributed by atoms with Gasteiger partial charge in [0.25, 0.3) is 0 Å². The van der Waals surface area contributed by atoms with E-state index in [0.717, 1.165) is 21.8 Å². The second-order valence-corrected chi connectivity index (χ2v) is 5.96. The largest absolute Gasteiger partial charge is 0.254 e.